The second-order valence-corrected chi connectivity index (χ2v) is 9.42. The number of carboxylic acids is 1. The molecular formula is C23H26ClN7O4. The van der Waals surface area contributed by atoms with E-state index in [0.29, 0.717) is 41.4 Å². The number of aromatic carboxylic acids is 1. The van der Waals surface area contributed by atoms with Crippen LogP contribution in [0.4, 0.5) is 11.5 Å². The molecule has 12 heteroatoms. The molecule has 4 rings (SSSR count). The van der Waals surface area contributed by atoms with Gasteiger partial charge in [-0.25, -0.2) is 19.3 Å². The quantitative estimate of drug-likeness (QED) is 0.352. The van der Waals surface area contributed by atoms with Gasteiger partial charge in [0.25, 0.3) is 5.95 Å². The molecule has 11 nitrogen and oxygen atoms in total. The molecule has 0 amide bonds. The Hall–Kier alpha value is -3.70. The van der Waals surface area contributed by atoms with Gasteiger partial charge in [-0.3, -0.25) is 9.13 Å². The van der Waals surface area contributed by atoms with Gasteiger partial charge < -0.3 is 15.5 Å². The van der Waals surface area contributed by atoms with Crippen molar-refractivity contribution in [2.24, 2.45) is 7.05 Å². The predicted octanol–water partition coefficient (Wildman–Crippen LogP) is 3.19. The van der Waals surface area contributed by atoms with Crippen molar-refractivity contribution in [1.82, 2.24) is 28.9 Å². The van der Waals surface area contributed by atoms with Crippen molar-refractivity contribution in [2.45, 2.75) is 46.3 Å². The molecule has 1 aromatic carbocycles. The van der Waals surface area contributed by atoms with Gasteiger partial charge in [0.05, 0.1) is 34.2 Å². The summed E-state index contributed by atoms with van der Waals surface area (Å²) in [6.07, 6.45) is 1.81. The fourth-order valence-electron chi connectivity index (χ4n) is 3.92. The lowest BCUT2D eigenvalue weighted by Crippen LogP contribution is -2.27. The number of rotatable bonds is 7. The number of carboxylic acid groups (broad SMARTS) is 1. The number of halogens is 1. The number of imidazole rings is 1. The fraction of sp³-hybridized carbons (Fsp3) is 0.348. The van der Waals surface area contributed by atoms with Gasteiger partial charge in [-0.05, 0) is 52.3 Å². The van der Waals surface area contributed by atoms with Crippen molar-refractivity contribution in [3.63, 3.8) is 0 Å². The number of nitrogens with zero attached hydrogens (tertiary/aromatic N) is 6. The number of benzene rings is 1. The molecular weight excluding hydrogens is 474 g/mol. The molecule has 0 spiro atoms. The number of aryl methyl sites for hydroxylation is 3. The molecule has 0 bridgehead atoms. The highest BCUT2D eigenvalue weighted by molar-refractivity contribution is 6.32. The van der Waals surface area contributed by atoms with Crippen LogP contribution < -0.4 is 11.0 Å². The van der Waals surface area contributed by atoms with E-state index in [9.17, 15) is 19.8 Å². The lowest BCUT2D eigenvalue weighted by molar-refractivity contribution is 0.0660. The van der Waals surface area contributed by atoms with Gasteiger partial charge in [-0.1, -0.05) is 11.6 Å². The van der Waals surface area contributed by atoms with Gasteiger partial charge >= 0.3 is 11.7 Å². The van der Waals surface area contributed by atoms with E-state index in [4.69, 9.17) is 11.6 Å². The molecule has 3 N–H and O–H groups in total. The lowest BCUT2D eigenvalue weighted by Gasteiger charge is -2.17. The topological polar surface area (TPSA) is 140 Å². The average Bonchev–Trinajstić information content (AvgIpc) is 3.20. The van der Waals surface area contributed by atoms with Gasteiger partial charge in [0.1, 0.15) is 10.6 Å². The summed E-state index contributed by atoms with van der Waals surface area (Å²) in [6, 6.07) is 5.42. The minimum Gasteiger partial charge on any atom is -0.478 e. The molecule has 4 aromatic rings. The Bertz CT molecular complexity index is 1510. The zero-order chi connectivity index (χ0) is 25.7. The Labute approximate surface area is 205 Å². The summed E-state index contributed by atoms with van der Waals surface area (Å²) >= 11 is 6.34. The number of fused-ring (bicyclic) bond motifs is 1. The van der Waals surface area contributed by atoms with Crippen LogP contribution in [-0.4, -0.2) is 50.7 Å². The van der Waals surface area contributed by atoms with Crippen LogP contribution in [0.2, 0.25) is 5.02 Å². The second kappa shape index (κ2) is 8.82. The molecule has 184 valence electrons. The highest BCUT2D eigenvalue weighted by Gasteiger charge is 2.21. The van der Waals surface area contributed by atoms with Gasteiger partial charge in [-0.2, -0.15) is 10.1 Å². The summed E-state index contributed by atoms with van der Waals surface area (Å²) < 4.78 is 4.53. The van der Waals surface area contributed by atoms with Crippen molar-refractivity contribution >= 4 is 40.1 Å². The first kappa shape index (κ1) is 24.4. The minimum absolute atomic E-state index is 0.0941. The first-order chi connectivity index (χ1) is 16.4. The van der Waals surface area contributed by atoms with Crippen LogP contribution in [0.25, 0.3) is 17.0 Å². The third-order valence-electron chi connectivity index (χ3n) is 5.78. The van der Waals surface area contributed by atoms with Crippen molar-refractivity contribution in [3.8, 4) is 5.95 Å². The van der Waals surface area contributed by atoms with E-state index in [2.05, 4.69) is 20.4 Å². The third-order valence-corrected chi connectivity index (χ3v) is 6.06. The van der Waals surface area contributed by atoms with Gasteiger partial charge in [-0.15, -0.1) is 0 Å². The number of hydrogen-bond acceptors (Lipinski definition) is 7. The van der Waals surface area contributed by atoms with Crippen molar-refractivity contribution in [3.05, 3.63) is 56.9 Å². The predicted molar refractivity (Wildman–Crippen MR) is 132 cm³/mol. The fourth-order valence-corrected chi connectivity index (χ4v) is 4.06. The molecule has 0 fully saturated rings. The molecule has 0 aliphatic heterocycles. The molecule has 0 saturated heterocycles. The number of nitrogens with one attached hydrogen (secondary N) is 1. The molecule has 0 atom stereocenters. The standard InChI is InChI=1S/C23H26ClN7O4/c1-12-18(20(32)33)13(2)31(28-12)21-25-11-15(24)19(27-21)26-14-6-7-16-17(10-14)30(22(34)29(16)5)9-8-23(3,4)35/h6-7,10-11,35H,8-9H2,1-5H3,(H,32,33)(H,25,26,27). The first-order valence-corrected chi connectivity index (χ1v) is 11.3. The van der Waals surface area contributed by atoms with Crippen LogP contribution in [-0.2, 0) is 13.6 Å². The normalized spacial score (nSPS) is 11.9. The summed E-state index contributed by atoms with van der Waals surface area (Å²) in [7, 11) is 1.70. The summed E-state index contributed by atoms with van der Waals surface area (Å²) in [5.74, 6) is -0.625. The first-order valence-electron chi connectivity index (χ1n) is 10.9. The van der Waals surface area contributed by atoms with E-state index in [1.165, 1.54) is 10.9 Å². The van der Waals surface area contributed by atoms with E-state index in [-0.39, 0.29) is 22.2 Å². The molecule has 0 saturated carbocycles. The second-order valence-electron chi connectivity index (χ2n) is 9.01. The Morgan fingerprint density at radius 2 is 1.94 bits per heavy atom. The van der Waals surface area contributed by atoms with Crippen molar-refractivity contribution < 1.29 is 15.0 Å². The Balaban J connectivity index is 1.72. The summed E-state index contributed by atoms with van der Waals surface area (Å²) in [5, 5.41) is 27.2. The third kappa shape index (κ3) is 4.64. The molecule has 0 unspecified atom stereocenters. The number of aliphatic hydroxyl groups is 1. The number of carbonyl (C=O) groups is 1. The van der Waals surface area contributed by atoms with E-state index in [0.717, 1.165) is 5.52 Å². The molecule has 3 heterocycles. The van der Waals surface area contributed by atoms with Crippen molar-refractivity contribution in [1.29, 1.82) is 0 Å². The zero-order valence-electron chi connectivity index (χ0n) is 20.0. The van der Waals surface area contributed by atoms with Crippen LogP contribution >= 0.6 is 11.6 Å². The van der Waals surface area contributed by atoms with Gasteiger partial charge in [0, 0.05) is 19.3 Å². The molecule has 0 radical (unpaired) electrons. The molecule has 35 heavy (non-hydrogen) atoms. The van der Waals surface area contributed by atoms with E-state index in [1.807, 2.05) is 12.1 Å². The minimum atomic E-state index is -1.08. The van der Waals surface area contributed by atoms with Crippen LogP contribution in [0, 0.1) is 13.8 Å². The summed E-state index contributed by atoms with van der Waals surface area (Å²) in [6.45, 7) is 6.99. The van der Waals surface area contributed by atoms with Crippen LogP contribution in [0.1, 0.15) is 42.0 Å². The summed E-state index contributed by atoms with van der Waals surface area (Å²) in [5.41, 5.74) is 1.82. The number of aromatic nitrogens is 6. The Morgan fingerprint density at radius 1 is 1.23 bits per heavy atom. The maximum absolute atomic E-state index is 12.8. The largest absolute Gasteiger partial charge is 0.478 e. The average molecular weight is 500 g/mol. The lowest BCUT2D eigenvalue weighted by atomic mass is 10.1. The van der Waals surface area contributed by atoms with E-state index < -0.39 is 11.6 Å². The highest BCUT2D eigenvalue weighted by atomic mass is 35.5. The highest BCUT2D eigenvalue weighted by Crippen LogP contribution is 2.27. The number of hydrogen-bond donors (Lipinski definition) is 3. The maximum atomic E-state index is 12.8. The van der Waals surface area contributed by atoms with Crippen LogP contribution in [0.15, 0.2) is 29.2 Å². The van der Waals surface area contributed by atoms with Crippen LogP contribution in [0.3, 0.4) is 0 Å². The smallest absolute Gasteiger partial charge is 0.339 e. The Kier molecular flexibility index (Phi) is 6.16. The Morgan fingerprint density at radius 3 is 2.57 bits per heavy atom. The zero-order valence-corrected chi connectivity index (χ0v) is 20.8. The van der Waals surface area contributed by atoms with Crippen LogP contribution in [0.5, 0.6) is 0 Å². The van der Waals surface area contributed by atoms with Gasteiger partial charge in [0.15, 0.2) is 5.82 Å². The monoisotopic (exact) mass is 499 g/mol. The number of anilines is 2. The summed E-state index contributed by atoms with van der Waals surface area (Å²) in [4.78, 5) is 33.0. The SMILES string of the molecule is Cc1nn(-c2ncc(Cl)c(Nc3ccc4c(c3)n(CCC(C)(C)O)c(=O)n4C)n2)c(C)c1C(=O)O. The molecule has 0 aliphatic carbocycles. The molecule has 3 aromatic heterocycles. The van der Waals surface area contributed by atoms with E-state index in [1.54, 1.807) is 49.9 Å². The van der Waals surface area contributed by atoms with Gasteiger partial charge in [0.2, 0.25) is 0 Å². The molecule has 0 aliphatic rings. The van der Waals surface area contributed by atoms with Crippen molar-refractivity contribution in [2.75, 3.05) is 5.32 Å². The maximum Gasteiger partial charge on any atom is 0.339 e. The van der Waals surface area contributed by atoms with E-state index >= 15 is 0 Å².